The minimum Gasteiger partial charge on any atom is -0.386 e. The monoisotopic (exact) mass is 312 g/mol. The maximum atomic E-state index is 10.7. The third-order valence-electron chi connectivity index (χ3n) is 4.29. The van der Waals surface area contributed by atoms with Gasteiger partial charge in [-0.25, -0.2) is 9.97 Å². The van der Waals surface area contributed by atoms with Crippen LogP contribution in [0.15, 0.2) is 18.5 Å². The van der Waals surface area contributed by atoms with E-state index in [1.54, 1.807) is 12.4 Å². The quantitative estimate of drug-likeness (QED) is 0.745. The first kappa shape index (κ1) is 14.2. The van der Waals surface area contributed by atoms with Crippen LogP contribution in [-0.4, -0.2) is 43.3 Å². The summed E-state index contributed by atoms with van der Waals surface area (Å²) in [7, 11) is 0. The van der Waals surface area contributed by atoms with Gasteiger partial charge in [-0.1, -0.05) is 6.92 Å². The lowest BCUT2D eigenvalue weighted by molar-refractivity contribution is 0.0417. The van der Waals surface area contributed by atoms with Gasteiger partial charge >= 0.3 is 0 Å². The molecule has 120 valence electrons. The summed E-state index contributed by atoms with van der Waals surface area (Å²) in [5.41, 5.74) is 7.67. The van der Waals surface area contributed by atoms with E-state index in [1.807, 2.05) is 13.0 Å². The fraction of sp³-hybridized carbons (Fsp3) is 0.438. The van der Waals surface area contributed by atoms with Crippen LogP contribution in [0, 0.1) is 0 Å². The Kier molecular flexibility index (Phi) is 2.96. The van der Waals surface area contributed by atoms with Crippen molar-refractivity contribution in [3.05, 3.63) is 18.5 Å². The summed E-state index contributed by atoms with van der Waals surface area (Å²) in [5, 5.41) is 11.6. The number of imidazole rings is 1. The van der Waals surface area contributed by atoms with Crippen LogP contribution in [0.4, 0.5) is 11.8 Å². The van der Waals surface area contributed by atoms with Gasteiger partial charge in [-0.2, -0.15) is 0 Å². The molecule has 0 saturated carbocycles. The van der Waals surface area contributed by atoms with Crippen LogP contribution in [0.2, 0.25) is 0 Å². The molecular weight excluding hydrogens is 292 g/mol. The number of pyridine rings is 2. The van der Waals surface area contributed by atoms with Gasteiger partial charge in [0.25, 0.3) is 0 Å². The zero-order valence-corrected chi connectivity index (χ0v) is 13.3. The average molecular weight is 312 g/mol. The van der Waals surface area contributed by atoms with E-state index in [-0.39, 0.29) is 0 Å². The lowest BCUT2D eigenvalue weighted by Gasteiger charge is -2.38. The average Bonchev–Trinajstić information content (AvgIpc) is 2.87. The van der Waals surface area contributed by atoms with E-state index >= 15 is 0 Å². The number of hydrogen-bond acceptors (Lipinski definition) is 6. The highest BCUT2D eigenvalue weighted by Crippen LogP contribution is 2.35. The highest BCUT2D eigenvalue weighted by molar-refractivity contribution is 6.07. The van der Waals surface area contributed by atoms with Gasteiger partial charge in [0.1, 0.15) is 5.52 Å². The number of nitrogen functional groups attached to an aromatic ring is 1. The maximum Gasteiger partial charge on any atom is 0.206 e. The molecule has 0 saturated heterocycles. The number of anilines is 2. The fourth-order valence-electron chi connectivity index (χ4n) is 3.46. The zero-order valence-electron chi connectivity index (χ0n) is 13.3. The predicted molar refractivity (Wildman–Crippen MR) is 90.4 cm³/mol. The SMILES string of the molecule is CCCN1CC(C)(O)Cn2c1nc1c(N)nc3cnccc3c12. The van der Waals surface area contributed by atoms with Crippen molar-refractivity contribution in [2.75, 3.05) is 23.7 Å². The molecule has 3 aromatic rings. The van der Waals surface area contributed by atoms with Crippen molar-refractivity contribution in [3.63, 3.8) is 0 Å². The molecule has 0 aliphatic carbocycles. The van der Waals surface area contributed by atoms with Crippen LogP contribution < -0.4 is 10.6 Å². The second kappa shape index (κ2) is 4.79. The molecule has 1 unspecified atom stereocenters. The second-order valence-electron chi connectivity index (χ2n) is 6.50. The second-order valence-corrected chi connectivity index (χ2v) is 6.50. The summed E-state index contributed by atoms with van der Waals surface area (Å²) in [6, 6.07) is 1.92. The molecule has 4 rings (SSSR count). The molecule has 7 nitrogen and oxygen atoms in total. The number of hydrogen-bond donors (Lipinski definition) is 2. The lowest BCUT2D eigenvalue weighted by Crippen LogP contribution is -2.49. The molecular formula is C16H20N6O. The molecule has 23 heavy (non-hydrogen) atoms. The van der Waals surface area contributed by atoms with Crippen molar-refractivity contribution >= 4 is 33.7 Å². The van der Waals surface area contributed by atoms with E-state index in [0.717, 1.165) is 35.3 Å². The smallest absolute Gasteiger partial charge is 0.206 e. The molecule has 0 bridgehead atoms. The molecule has 4 heterocycles. The third-order valence-corrected chi connectivity index (χ3v) is 4.29. The number of β-amino-alcohol motifs (C(OH)–C–C–N with tert-alkyl or cyclic N) is 1. The first-order chi connectivity index (χ1) is 11.0. The van der Waals surface area contributed by atoms with Gasteiger partial charge in [0.05, 0.1) is 35.9 Å². The number of aromatic nitrogens is 4. The largest absolute Gasteiger partial charge is 0.386 e. The van der Waals surface area contributed by atoms with Crippen molar-refractivity contribution in [2.24, 2.45) is 0 Å². The van der Waals surface area contributed by atoms with E-state index in [9.17, 15) is 5.11 Å². The van der Waals surface area contributed by atoms with Crippen molar-refractivity contribution in [2.45, 2.75) is 32.4 Å². The van der Waals surface area contributed by atoms with Gasteiger partial charge < -0.3 is 20.3 Å². The van der Waals surface area contributed by atoms with E-state index in [2.05, 4.69) is 26.4 Å². The van der Waals surface area contributed by atoms with Crippen molar-refractivity contribution in [1.82, 2.24) is 19.5 Å². The van der Waals surface area contributed by atoms with Gasteiger partial charge in [0.15, 0.2) is 5.82 Å². The highest BCUT2D eigenvalue weighted by Gasteiger charge is 2.35. The van der Waals surface area contributed by atoms with Crippen LogP contribution in [0.25, 0.3) is 21.9 Å². The maximum absolute atomic E-state index is 10.7. The Morgan fingerprint density at radius 3 is 2.96 bits per heavy atom. The van der Waals surface area contributed by atoms with Crippen LogP contribution in [0.3, 0.4) is 0 Å². The fourth-order valence-corrected chi connectivity index (χ4v) is 3.46. The molecule has 1 aliphatic heterocycles. The van der Waals surface area contributed by atoms with E-state index in [0.29, 0.717) is 24.4 Å². The van der Waals surface area contributed by atoms with Gasteiger partial charge in [-0.15, -0.1) is 0 Å². The minimum atomic E-state index is -0.812. The molecule has 1 atom stereocenters. The lowest BCUT2D eigenvalue weighted by atomic mass is 10.0. The van der Waals surface area contributed by atoms with Gasteiger partial charge in [-0.3, -0.25) is 4.98 Å². The first-order valence-electron chi connectivity index (χ1n) is 7.87. The molecule has 0 aromatic carbocycles. The van der Waals surface area contributed by atoms with E-state index in [1.165, 1.54) is 0 Å². The van der Waals surface area contributed by atoms with Gasteiger partial charge in [-0.05, 0) is 19.4 Å². The summed E-state index contributed by atoms with van der Waals surface area (Å²) >= 11 is 0. The van der Waals surface area contributed by atoms with Crippen LogP contribution in [-0.2, 0) is 6.54 Å². The third kappa shape index (κ3) is 2.11. The number of fused-ring (bicyclic) bond motifs is 5. The molecule has 3 aromatic heterocycles. The van der Waals surface area contributed by atoms with Gasteiger partial charge in [0.2, 0.25) is 5.95 Å². The minimum absolute atomic E-state index is 0.401. The normalized spacial score (nSPS) is 21.1. The highest BCUT2D eigenvalue weighted by atomic mass is 16.3. The van der Waals surface area contributed by atoms with Gasteiger partial charge in [0, 0.05) is 18.1 Å². The Labute approximate surface area is 133 Å². The number of aliphatic hydroxyl groups is 1. The molecule has 1 aliphatic rings. The van der Waals surface area contributed by atoms with Crippen molar-refractivity contribution < 1.29 is 5.11 Å². The summed E-state index contributed by atoms with van der Waals surface area (Å²) in [5.74, 6) is 1.25. The number of rotatable bonds is 2. The Bertz CT molecular complexity index is 900. The van der Waals surface area contributed by atoms with E-state index in [4.69, 9.17) is 10.7 Å². The summed E-state index contributed by atoms with van der Waals surface area (Å²) < 4.78 is 2.06. The zero-order chi connectivity index (χ0) is 16.2. The topological polar surface area (TPSA) is 93.1 Å². The summed E-state index contributed by atoms with van der Waals surface area (Å²) in [4.78, 5) is 15.4. The molecule has 7 heteroatoms. The Morgan fingerprint density at radius 2 is 2.17 bits per heavy atom. The summed E-state index contributed by atoms with van der Waals surface area (Å²) in [6.45, 7) is 5.87. The molecule has 0 radical (unpaired) electrons. The molecule has 0 amide bonds. The van der Waals surface area contributed by atoms with Crippen LogP contribution in [0.5, 0.6) is 0 Å². The van der Waals surface area contributed by atoms with Crippen LogP contribution >= 0.6 is 0 Å². The standard InChI is InChI=1S/C16H20N6O/c1-3-6-21-8-16(2,23)9-22-13-10-4-5-18-7-11(10)19-14(17)12(13)20-15(21)22/h4-5,7,23H,3,6,8-9H2,1-2H3,(H2,17,19). The predicted octanol–water partition coefficient (Wildman–Crippen LogP) is 1.54. The molecule has 0 fully saturated rings. The number of nitrogens with two attached hydrogens (primary N) is 1. The molecule has 3 N–H and O–H groups in total. The number of nitrogens with zero attached hydrogens (tertiary/aromatic N) is 5. The molecule has 0 spiro atoms. The summed E-state index contributed by atoms with van der Waals surface area (Å²) in [6.07, 6.45) is 4.43. The first-order valence-corrected chi connectivity index (χ1v) is 7.87. The van der Waals surface area contributed by atoms with E-state index < -0.39 is 5.60 Å². The van der Waals surface area contributed by atoms with Crippen LogP contribution in [0.1, 0.15) is 20.3 Å². The Morgan fingerprint density at radius 1 is 1.35 bits per heavy atom. The van der Waals surface area contributed by atoms with Crippen molar-refractivity contribution in [3.8, 4) is 0 Å². The Balaban J connectivity index is 2.08. The van der Waals surface area contributed by atoms with Crippen molar-refractivity contribution in [1.29, 1.82) is 0 Å². The Hall–Kier alpha value is -2.41.